The van der Waals surface area contributed by atoms with E-state index in [4.69, 9.17) is 0 Å². The fraction of sp³-hybridized carbons (Fsp3) is 0.900. The van der Waals surface area contributed by atoms with Crippen LogP contribution in [0.25, 0.3) is 0 Å². The summed E-state index contributed by atoms with van der Waals surface area (Å²) in [5, 5.41) is 11.7. The maximum Gasteiger partial charge on any atom is 0.295 e. The van der Waals surface area contributed by atoms with Crippen molar-refractivity contribution in [1.82, 2.24) is 10.2 Å². The van der Waals surface area contributed by atoms with E-state index in [9.17, 15) is 14.9 Å². The van der Waals surface area contributed by atoms with Crippen LogP contribution >= 0.6 is 0 Å². The van der Waals surface area contributed by atoms with Crippen LogP contribution in [0, 0.1) is 10.1 Å². The lowest BCUT2D eigenvalue weighted by molar-refractivity contribution is -0.763. The number of carbonyl (C=O) groups is 1. The number of hydrogen-bond donors (Lipinski definition) is 1. The molecule has 1 atom stereocenters. The third-order valence-corrected chi connectivity index (χ3v) is 2.79. The van der Waals surface area contributed by atoms with E-state index >= 15 is 0 Å². The Hall–Kier alpha value is -1.37. The highest BCUT2D eigenvalue weighted by Gasteiger charge is 2.16. The Bertz CT molecular complexity index is 266. The Morgan fingerprint density at radius 2 is 2.12 bits per heavy atom. The first-order chi connectivity index (χ1) is 8.09. The lowest BCUT2D eigenvalue weighted by Crippen LogP contribution is -2.41. The highest BCUT2D eigenvalue weighted by atomic mass is 17.0. The van der Waals surface area contributed by atoms with Crippen molar-refractivity contribution in [3.63, 3.8) is 0 Å². The quantitative estimate of drug-likeness (QED) is 0.533. The Morgan fingerprint density at radius 3 is 2.71 bits per heavy atom. The summed E-state index contributed by atoms with van der Waals surface area (Å²) in [5.74, 6) is -0.446. The molecule has 0 aromatic heterocycles. The number of nitrogens with zero attached hydrogens (tertiary/aromatic N) is 2. The molecule has 7 nitrogen and oxygen atoms in total. The molecule has 1 unspecified atom stereocenters. The largest absolute Gasteiger partial charge is 0.353 e. The van der Waals surface area contributed by atoms with Gasteiger partial charge in [-0.2, -0.15) is 0 Å². The van der Waals surface area contributed by atoms with Gasteiger partial charge in [0.25, 0.3) is 5.09 Å². The van der Waals surface area contributed by atoms with Gasteiger partial charge in [-0.05, 0) is 32.9 Å². The van der Waals surface area contributed by atoms with E-state index in [0.717, 1.165) is 19.6 Å². The Kier molecular flexibility index (Phi) is 5.68. The summed E-state index contributed by atoms with van der Waals surface area (Å²) in [6.45, 7) is 4.79. The molecule has 1 rings (SSSR count). The molecule has 1 aliphatic rings. The number of rotatable bonds is 6. The van der Waals surface area contributed by atoms with Crippen molar-refractivity contribution in [2.75, 3.05) is 26.2 Å². The lowest BCUT2D eigenvalue weighted by Gasteiger charge is -2.26. The summed E-state index contributed by atoms with van der Waals surface area (Å²) in [5.41, 5.74) is 0. The van der Waals surface area contributed by atoms with Gasteiger partial charge in [-0.25, -0.2) is 0 Å². The van der Waals surface area contributed by atoms with E-state index in [1.54, 1.807) is 0 Å². The molecule has 0 radical (unpaired) electrons. The molecule has 7 heteroatoms. The molecule has 1 amide bonds. The van der Waals surface area contributed by atoms with Crippen molar-refractivity contribution < 1.29 is 14.7 Å². The maximum atomic E-state index is 11.4. The monoisotopic (exact) mass is 245 g/mol. The molecule has 0 aromatic rings. The van der Waals surface area contributed by atoms with Crippen LogP contribution in [0.3, 0.4) is 0 Å². The molecule has 0 saturated carbocycles. The van der Waals surface area contributed by atoms with Crippen LogP contribution in [0.15, 0.2) is 0 Å². The molecule has 0 aliphatic carbocycles. The Morgan fingerprint density at radius 1 is 1.47 bits per heavy atom. The van der Waals surface area contributed by atoms with E-state index in [1.807, 2.05) is 0 Å². The van der Waals surface area contributed by atoms with Gasteiger partial charge >= 0.3 is 0 Å². The fourth-order valence-electron chi connectivity index (χ4n) is 1.84. The van der Waals surface area contributed by atoms with Crippen LogP contribution in [0.4, 0.5) is 0 Å². The first-order valence-electron chi connectivity index (χ1n) is 5.91. The Labute approximate surface area is 100 Å². The molecule has 1 aliphatic heterocycles. The summed E-state index contributed by atoms with van der Waals surface area (Å²) in [6, 6.07) is 0. The topological polar surface area (TPSA) is 84.7 Å². The summed E-state index contributed by atoms with van der Waals surface area (Å²) in [7, 11) is 0. The second-order valence-electron chi connectivity index (χ2n) is 4.16. The minimum absolute atomic E-state index is 0.446. The van der Waals surface area contributed by atoms with Gasteiger partial charge in [-0.3, -0.25) is 4.79 Å². The molecule has 0 spiro atoms. The minimum Gasteiger partial charge on any atom is -0.353 e. The van der Waals surface area contributed by atoms with Gasteiger partial charge in [0.15, 0.2) is 6.10 Å². The number of carbonyl (C=O) groups excluding carboxylic acids is 1. The predicted molar refractivity (Wildman–Crippen MR) is 60.8 cm³/mol. The number of amides is 1. The van der Waals surface area contributed by atoms with Crippen LogP contribution in [-0.4, -0.2) is 48.2 Å². The predicted octanol–water partition coefficient (Wildman–Crippen LogP) is 0.185. The first-order valence-corrected chi connectivity index (χ1v) is 5.91. The summed E-state index contributed by atoms with van der Waals surface area (Å²) < 4.78 is 0. The molecular weight excluding hydrogens is 226 g/mol. The zero-order valence-electron chi connectivity index (χ0n) is 10.1. The molecule has 17 heavy (non-hydrogen) atoms. The van der Waals surface area contributed by atoms with E-state index in [2.05, 4.69) is 15.1 Å². The minimum atomic E-state index is -1.05. The smallest absolute Gasteiger partial charge is 0.295 e. The van der Waals surface area contributed by atoms with Crippen LogP contribution in [0.1, 0.15) is 26.2 Å². The number of hydrogen-bond acceptors (Lipinski definition) is 5. The van der Waals surface area contributed by atoms with Gasteiger partial charge in [0, 0.05) is 13.1 Å². The van der Waals surface area contributed by atoms with E-state index in [0.29, 0.717) is 6.54 Å². The van der Waals surface area contributed by atoms with Gasteiger partial charge in [0.1, 0.15) is 0 Å². The van der Waals surface area contributed by atoms with Crippen LogP contribution in [0.2, 0.25) is 0 Å². The van der Waals surface area contributed by atoms with Crippen molar-refractivity contribution in [2.45, 2.75) is 32.3 Å². The zero-order valence-corrected chi connectivity index (χ0v) is 10.1. The average Bonchev–Trinajstić information content (AvgIpc) is 2.29. The summed E-state index contributed by atoms with van der Waals surface area (Å²) in [6.07, 6.45) is 2.63. The van der Waals surface area contributed by atoms with Gasteiger partial charge in [-0.1, -0.05) is 6.42 Å². The first kappa shape index (κ1) is 13.7. The van der Waals surface area contributed by atoms with Crippen molar-refractivity contribution in [3.05, 3.63) is 10.1 Å². The van der Waals surface area contributed by atoms with E-state index in [1.165, 1.54) is 26.2 Å². The van der Waals surface area contributed by atoms with Crippen molar-refractivity contribution in [3.8, 4) is 0 Å². The summed E-state index contributed by atoms with van der Waals surface area (Å²) >= 11 is 0. The number of piperidine rings is 1. The van der Waals surface area contributed by atoms with Crippen LogP contribution in [-0.2, 0) is 9.63 Å². The second kappa shape index (κ2) is 7.05. The zero-order chi connectivity index (χ0) is 12.7. The highest BCUT2D eigenvalue weighted by molar-refractivity contribution is 5.80. The number of likely N-dealkylation sites (tertiary alicyclic amines) is 1. The summed E-state index contributed by atoms with van der Waals surface area (Å²) in [4.78, 5) is 27.8. The second-order valence-corrected chi connectivity index (χ2v) is 4.16. The molecule has 1 saturated heterocycles. The van der Waals surface area contributed by atoms with Crippen LogP contribution in [0.5, 0.6) is 0 Å². The van der Waals surface area contributed by atoms with Gasteiger partial charge in [-0.15, -0.1) is 10.1 Å². The average molecular weight is 245 g/mol. The third-order valence-electron chi connectivity index (χ3n) is 2.79. The maximum absolute atomic E-state index is 11.4. The highest BCUT2D eigenvalue weighted by Crippen LogP contribution is 2.07. The van der Waals surface area contributed by atoms with Crippen LogP contribution < -0.4 is 5.32 Å². The normalized spacial score (nSPS) is 18.4. The fourth-order valence-corrected chi connectivity index (χ4v) is 1.84. The molecule has 98 valence electrons. The molecule has 0 aromatic carbocycles. The molecule has 1 heterocycles. The van der Waals surface area contributed by atoms with Gasteiger partial charge in [0.2, 0.25) is 5.91 Å². The van der Waals surface area contributed by atoms with Gasteiger partial charge in [0.05, 0.1) is 0 Å². The lowest BCUT2D eigenvalue weighted by atomic mass is 10.1. The standard InChI is InChI=1S/C10H19N3O4/c1-9(17-13(15)16)10(14)11-5-8-12-6-3-2-4-7-12/h9H,2-8H2,1H3,(H,11,14). The van der Waals surface area contributed by atoms with Crippen molar-refractivity contribution in [2.24, 2.45) is 0 Å². The third kappa shape index (κ3) is 5.48. The van der Waals surface area contributed by atoms with E-state index < -0.39 is 17.1 Å². The molecule has 0 bridgehead atoms. The molecule has 1 fully saturated rings. The number of nitrogens with one attached hydrogen (secondary N) is 1. The van der Waals surface area contributed by atoms with Crippen molar-refractivity contribution >= 4 is 5.91 Å². The van der Waals surface area contributed by atoms with Crippen molar-refractivity contribution in [1.29, 1.82) is 0 Å². The molecule has 1 N–H and O–H groups in total. The molecular formula is C10H19N3O4. The SMILES string of the molecule is CC(O[N+](=O)[O-])C(=O)NCCN1CCCCC1. The Balaban J connectivity index is 2.12. The van der Waals surface area contributed by atoms with E-state index in [-0.39, 0.29) is 0 Å². The van der Waals surface area contributed by atoms with Gasteiger partial charge < -0.3 is 15.1 Å².